The molecule has 0 atom stereocenters. The highest BCUT2D eigenvalue weighted by Gasteiger charge is 2.34. The smallest absolute Gasteiger partial charge is 0.416 e. The predicted molar refractivity (Wildman–Crippen MR) is 112 cm³/mol. The Bertz CT molecular complexity index is 1020. The molecular weight excluding hydrogens is 405 g/mol. The van der Waals surface area contributed by atoms with Crippen LogP contribution in [-0.4, -0.2) is 17.3 Å². The summed E-state index contributed by atoms with van der Waals surface area (Å²) in [6, 6.07) is 11.4. The van der Waals surface area contributed by atoms with Crippen LogP contribution in [0.15, 0.2) is 47.0 Å². The molecule has 164 valence electrons. The van der Waals surface area contributed by atoms with Crippen molar-refractivity contribution in [1.82, 2.24) is 10.1 Å². The van der Waals surface area contributed by atoms with Crippen molar-refractivity contribution in [1.29, 1.82) is 0 Å². The number of aryl methyl sites for hydroxylation is 1. The first-order chi connectivity index (χ1) is 15.0. The van der Waals surface area contributed by atoms with Gasteiger partial charge in [0.05, 0.1) is 18.2 Å². The maximum absolute atomic E-state index is 13.8. The molecule has 2 aromatic carbocycles. The van der Waals surface area contributed by atoms with Gasteiger partial charge in [-0.1, -0.05) is 55.5 Å². The fourth-order valence-corrected chi connectivity index (χ4v) is 4.31. The minimum atomic E-state index is -4.44. The van der Waals surface area contributed by atoms with Crippen LogP contribution in [0.4, 0.5) is 13.2 Å². The Morgan fingerprint density at radius 1 is 1.06 bits per heavy atom. The van der Waals surface area contributed by atoms with E-state index < -0.39 is 11.7 Å². The topological polar surface area (TPSA) is 48.2 Å². The van der Waals surface area contributed by atoms with Crippen molar-refractivity contribution in [3.63, 3.8) is 0 Å². The summed E-state index contributed by atoms with van der Waals surface area (Å²) in [7, 11) is 1.53. The highest BCUT2D eigenvalue weighted by Crippen LogP contribution is 2.37. The standard InChI is InChI=1S/C24H25F3N2O2/c1-30-21-10-6-5-9-19(21)22-28-23(31-29-22)18-14-13-17(20(15-18)24(25,26)27)12-11-16-7-3-2-4-8-16/h5-6,9-10,13-16H,2-4,7-8,11-12H2,1H3. The minimum absolute atomic E-state index is 0.0465. The van der Waals surface area contributed by atoms with Crippen molar-refractivity contribution in [3.8, 4) is 28.6 Å². The molecule has 3 aromatic rings. The van der Waals surface area contributed by atoms with Gasteiger partial charge >= 0.3 is 6.18 Å². The minimum Gasteiger partial charge on any atom is -0.496 e. The molecule has 0 radical (unpaired) electrons. The highest BCUT2D eigenvalue weighted by molar-refractivity contribution is 5.66. The molecule has 0 amide bonds. The average Bonchev–Trinajstić information content (AvgIpc) is 3.28. The number of hydrogen-bond acceptors (Lipinski definition) is 4. The molecule has 0 spiro atoms. The van der Waals surface area contributed by atoms with Gasteiger partial charge in [-0.25, -0.2) is 0 Å². The Morgan fingerprint density at radius 2 is 1.84 bits per heavy atom. The molecule has 7 heteroatoms. The van der Waals surface area contributed by atoms with E-state index >= 15 is 0 Å². The maximum Gasteiger partial charge on any atom is 0.416 e. The molecular formula is C24H25F3N2O2. The molecule has 4 rings (SSSR count). The van der Waals surface area contributed by atoms with Gasteiger partial charge < -0.3 is 9.26 Å². The average molecular weight is 430 g/mol. The van der Waals surface area contributed by atoms with Crippen LogP contribution in [0.5, 0.6) is 5.75 Å². The van der Waals surface area contributed by atoms with E-state index in [-0.39, 0.29) is 17.3 Å². The van der Waals surface area contributed by atoms with E-state index in [2.05, 4.69) is 10.1 Å². The second kappa shape index (κ2) is 9.12. The van der Waals surface area contributed by atoms with E-state index in [1.807, 2.05) is 6.07 Å². The summed E-state index contributed by atoms with van der Waals surface area (Å²) < 4.78 is 52.0. The van der Waals surface area contributed by atoms with Gasteiger partial charge in [0.1, 0.15) is 5.75 Å². The molecule has 1 aromatic heterocycles. The van der Waals surface area contributed by atoms with Crippen molar-refractivity contribution in [2.24, 2.45) is 5.92 Å². The zero-order chi connectivity index (χ0) is 21.8. The second-order valence-electron chi connectivity index (χ2n) is 8.04. The van der Waals surface area contributed by atoms with Crippen LogP contribution in [0.3, 0.4) is 0 Å². The Morgan fingerprint density at radius 3 is 2.58 bits per heavy atom. The van der Waals surface area contributed by atoms with Crippen molar-refractivity contribution in [2.75, 3.05) is 7.11 Å². The van der Waals surface area contributed by atoms with Gasteiger partial charge in [0.15, 0.2) is 0 Å². The van der Waals surface area contributed by atoms with Crippen molar-refractivity contribution < 1.29 is 22.4 Å². The summed E-state index contributed by atoms with van der Waals surface area (Å²) in [5, 5.41) is 3.94. The summed E-state index contributed by atoms with van der Waals surface area (Å²) >= 11 is 0. The first-order valence-electron chi connectivity index (χ1n) is 10.6. The molecule has 31 heavy (non-hydrogen) atoms. The second-order valence-corrected chi connectivity index (χ2v) is 8.04. The van der Waals surface area contributed by atoms with Gasteiger partial charge in [-0.2, -0.15) is 18.2 Å². The SMILES string of the molecule is COc1ccccc1-c1noc(-c2ccc(CCC3CCCCC3)c(C(F)(F)F)c2)n1. The van der Waals surface area contributed by atoms with Crippen molar-refractivity contribution in [2.45, 2.75) is 51.1 Å². The molecule has 1 aliphatic rings. The number of alkyl halides is 3. The fourth-order valence-electron chi connectivity index (χ4n) is 4.31. The van der Waals surface area contributed by atoms with E-state index in [0.29, 0.717) is 29.2 Å². The number of ether oxygens (including phenoxy) is 1. The zero-order valence-electron chi connectivity index (χ0n) is 17.4. The number of halogens is 3. The first-order valence-corrected chi connectivity index (χ1v) is 10.6. The lowest BCUT2D eigenvalue weighted by Crippen LogP contribution is -2.12. The van der Waals surface area contributed by atoms with Crippen LogP contribution in [0, 0.1) is 5.92 Å². The lowest BCUT2D eigenvalue weighted by atomic mass is 9.84. The third-order valence-electron chi connectivity index (χ3n) is 5.98. The largest absolute Gasteiger partial charge is 0.496 e. The van der Waals surface area contributed by atoms with Crippen molar-refractivity contribution >= 4 is 0 Å². The lowest BCUT2D eigenvalue weighted by Gasteiger charge is -2.22. The molecule has 0 N–H and O–H groups in total. The highest BCUT2D eigenvalue weighted by atomic mass is 19.4. The number of para-hydroxylation sites is 1. The summed E-state index contributed by atoms with van der Waals surface area (Å²) in [5.41, 5.74) is 0.562. The number of methoxy groups -OCH3 is 1. The van der Waals surface area contributed by atoms with E-state index in [0.717, 1.165) is 25.3 Å². The Hall–Kier alpha value is -2.83. The third-order valence-corrected chi connectivity index (χ3v) is 5.98. The van der Waals surface area contributed by atoms with Crippen LogP contribution in [-0.2, 0) is 12.6 Å². The summed E-state index contributed by atoms with van der Waals surface area (Å²) in [6.45, 7) is 0. The Labute approximate surface area is 179 Å². The van der Waals surface area contributed by atoms with Crippen LogP contribution < -0.4 is 4.74 Å². The molecule has 0 aliphatic heterocycles. The Kier molecular flexibility index (Phi) is 6.30. The maximum atomic E-state index is 13.8. The third kappa shape index (κ3) is 4.92. The van der Waals surface area contributed by atoms with Gasteiger partial charge in [-0.05, 0) is 48.6 Å². The summed E-state index contributed by atoms with van der Waals surface area (Å²) in [5.74, 6) is 1.39. The quantitative estimate of drug-likeness (QED) is 0.425. The van der Waals surface area contributed by atoms with Gasteiger partial charge in [0, 0.05) is 5.56 Å². The summed E-state index contributed by atoms with van der Waals surface area (Å²) in [4.78, 5) is 4.31. The number of benzene rings is 2. The number of hydrogen-bond donors (Lipinski definition) is 0. The Balaban J connectivity index is 1.60. The monoisotopic (exact) mass is 430 g/mol. The van der Waals surface area contributed by atoms with E-state index in [1.165, 1.54) is 26.4 Å². The van der Waals surface area contributed by atoms with E-state index in [1.54, 1.807) is 30.3 Å². The predicted octanol–water partition coefficient (Wildman–Crippen LogP) is 6.94. The van der Waals surface area contributed by atoms with Gasteiger partial charge in [-0.15, -0.1) is 0 Å². The molecule has 4 nitrogen and oxygen atoms in total. The number of rotatable bonds is 6. The number of aromatic nitrogens is 2. The molecule has 1 aliphatic carbocycles. The summed E-state index contributed by atoms with van der Waals surface area (Å²) in [6.07, 6.45) is 2.61. The zero-order valence-corrected chi connectivity index (χ0v) is 17.4. The van der Waals surface area contributed by atoms with Gasteiger partial charge in [0.2, 0.25) is 5.82 Å². The van der Waals surface area contributed by atoms with Crippen LogP contribution in [0.1, 0.15) is 49.7 Å². The van der Waals surface area contributed by atoms with Crippen LogP contribution in [0.25, 0.3) is 22.8 Å². The van der Waals surface area contributed by atoms with E-state index in [4.69, 9.17) is 9.26 Å². The van der Waals surface area contributed by atoms with Crippen molar-refractivity contribution in [3.05, 3.63) is 53.6 Å². The van der Waals surface area contributed by atoms with Crippen LogP contribution >= 0.6 is 0 Å². The normalized spacial score (nSPS) is 15.2. The molecule has 1 heterocycles. The first kappa shape index (κ1) is 21.4. The number of nitrogens with zero attached hydrogens (tertiary/aromatic N) is 2. The van der Waals surface area contributed by atoms with Crippen LogP contribution in [0.2, 0.25) is 0 Å². The molecule has 0 unspecified atom stereocenters. The molecule has 1 fully saturated rings. The molecule has 0 bridgehead atoms. The lowest BCUT2D eigenvalue weighted by molar-refractivity contribution is -0.138. The molecule has 1 saturated carbocycles. The van der Waals surface area contributed by atoms with Gasteiger partial charge in [0.25, 0.3) is 5.89 Å². The van der Waals surface area contributed by atoms with Gasteiger partial charge in [-0.3, -0.25) is 0 Å². The van der Waals surface area contributed by atoms with E-state index in [9.17, 15) is 13.2 Å². The fraction of sp³-hybridized carbons (Fsp3) is 0.417. The molecule has 0 saturated heterocycles.